The van der Waals surface area contributed by atoms with Crippen molar-refractivity contribution in [1.29, 1.82) is 0 Å². The first kappa shape index (κ1) is 18.7. The zero-order valence-corrected chi connectivity index (χ0v) is 15.6. The molecule has 1 atom stereocenters. The van der Waals surface area contributed by atoms with Gasteiger partial charge in [0.15, 0.2) is 0 Å². The standard InChI is InChI=1S/C19H24N2O4S/c1-14-8-10-16(11-9-14)26(23,24)21-17(18-7-4-12-25-18)13-19(22)20-15-5-2-3-6-15/h4,7-12,15,17,21H,2-3,5-6,13H2,1H3,(H,20,22)/t17-/m0/s1. The van der Waals surface area contributed by atoms with Crippen molar-refractivity contribution in [3.63, 3.8) is 0 Å². The molecule has 0 saturated heterocycles. The molecule has 140 valence electrons. The molecule has 7 heteroatoms. The van der Waals surface area contributed by atoms with Crippen molar-refractivity contribution in [1.82, 2.24) is 10.0 Å². The van der Waals surface area contributed by atoms with E-state index in [-0.39, 0.29) is 23.3 Å². The van der Waals surface area contributed by atoms with Crippen LogP contribution in [-0.4, -0.2) is 20.4 Å². The van der Waals surface area contributed by atoms with Crippen molar-refractivity contribution in [2.45, 2.75) is 56.0 Å². The molecule has 2 aromatic rings. The van der Waals surface area contributed by atoms with E-state index in [0.29, 0.717) is 5.76 Å². The highest BCUT2D eigenvalue weighted by molar-refractivity contribution is 7.89. The number of sulfonamides is 1. The summed E-state index contributed by atoms with van der Waals surface area (Å²) in [6.07, 6.45) is 5.66. The molecular weight excluding hydrogens is 352 g/mol. The lowest BCUT2D eigenvalue weighted by Crippen LogP contribution is -2.37. The van der Waals surface area contributed by atoms with Crippen LogP contribution in [0.5, 0.6) is 0 Å². The number of hydrogen-bond acceptors (Lipinski definition) is 4. The molecular formula is C19H24N2O4S. The van der Waals surface area contributed by atoms with E-state index in [1.165, 1.54) is 6.26 Å². The van der Waals surface area contributed by atoms with Crippen LogP contribution in [0.2, 0.25) is 0 Å². The minimum atomic E-state index is -3.77. The fraction of sp³-hybridized carbons (Fsp3) is 0.421. The van der Waals surface area contributed by atoms with Crippen molar-refractivity contribution in [3.05, 3.63) is 54.0 Å². The maximum absolute atomic E-state index is 12.7. The number of carbonyl (C=O) groups excluding carboxylic acids is 1. The maximum atomic E-state index is 12.7. The number of furan rings is 1. The monoisotopic (exact) mass is 376 g/mol. The van der Waals surface area contributed by atoms with Gasteiger partial charge in [-0.15, -0.1) is 0 Å². The molecule has 1 amide bonds. The van der Waals surface area contributed by atoms with Gasteiger partial charge in [0, 0.05) is 6.04 Å². The van der Waals surface area contributed by atoms with Gasteiger partial charge in [0.25, 0.3) is 0 Å². The van der Waals surface area contributed by atoms with Crippen LogP contribution in [0.15, 0.2) is 52.0 Å². The zero-order chi connectivity index (χ0) is 18.6. The van der Waals surface area contributed by atoms with Crippen LogP contribution >= 0.6 is 0 Å². The normalized spacial score (nSPS) is 16.5. The summed E-state index contributed by atoms with van der Waals surface area (Å²) >= 11 is 0. The van der Waals surface area contributed by atoms with Gasteiger partial charge in [-0.2, -0.15) is 4.72 Å². The Bertz CT molecular complexity index is 823. The van der Waals surface area contributed by atoms with E-state index in [1.807, 2.05) is 6.92 Å². The van der Waals surface area contributed by atoms with Gasteiger partial charge < -0.3 is 9.73 Å². The Morgan fingerprint density at radius 2 is 1.88 bits per heavy atom. The van der Waals surface area contributed by atoms with Crippen molar-refractivity contribution in [2.75, 3.05) is 0 Å². The fourth-order valence-corrected chi connectivity index (χ4v) is 4.41. The second-order valence-corrected chi connectivity index (χ2v) is 8.47. The molecule has 2 N–H and O–H groups in total. The molecule has 0 unspecified atom stereocenters. The number of rotatable bonds is 7. The maximum Gasteiger partial charge on any atom is 0.241 e. The van der Waals surface area contributed by atoms with E-state index in [9.17, 15) is 13.2 Å². The highest BCUT2D eigenvalue weighted by Crippen LogP contribution is 2.23. The molecule has 6 nitrogen and oxygen atoms in total. The van der Waals surface area contributed by atoms with Crippen molar-refractivity contribution >= 4 is 15.9 Å². The van der Waals surface area contributed by atoms with Crippen molar-refractivity contribution < 1.29 is 17.6 Å². The number of carbonyl (C=O) groups is 1. The first-order valence-electron chi connectivity index (χ1n) is 8.86. The molecule has 1 saturated carbocycles. The average molecular weight is 376 g/mol. The van der Waals surface area contributed by atoms with Gasteiger partial charge in [0.1, 0.15) is 5.76 Å². The van der Waals surface area contributed by atoms with Crippen LogP contribution in [-0.2, 0) is 14.8 Å². The Labute approximate surface area is 154 Å². The summed E-state index contributed by atoms with van der Waals surface area (Å²) in [5.74, 6) is 0.243. The Morgan fingerprint density at radius 1 is 1.19 bits per heavy atom. The Kier molecular flexibility index (Phi) is 5.78. The minimum Gasteiger partial charge on any atom is -0.468 e. The van der Waals surface area contributed by atoms with Crippen LogP contribution in [0.4, 0.5) is 0 Å². The van der Waals surface area contributed by atoms with Crippen molar-refractivity contribution in [3.8, 4) is 0 Å². The second kappa shape index (κ2) is 8.05. The van der Waals surface area contributed by atoms with E-state index in [0.717, 1.165) is 31.2 Å². The summed E-state index contributed by atoms with van der Waals surface area (Å²) in [5.41, 5.74) is 0.975. The van der Waals surface area contributed by atoms with Gasteiger partial charge in [-0.1, -0.05) is 30.5 Å². The third-order valence-corrected chi connectivity index (χ3v) is 6.11. The topological polar surface area (TPSA) is 88.4 Å². The number of hydrogen-bond donors (Lipinski definition) is 2. The van der Waals surface area contributed by atoms with Gasteiger partial charge >= 0.3 is 0 Å². The quantitative estimate of drug-likeness (QED) is 0.777. The fourth-order valence-electron chi connectivity index (χ4n) is 3.20. The largest absolute Gasteiger partial charge is 0.468 e. The van der Waals surface area contributed by atoms with Crippen LogP contribution in [0.25, 0.3) is 0 Å². The molecule has 1 fully saturated rings. The summed E-state index contributed by atoms with van der Waals surface area (Å²) in [6.45, 7) is 1.89. The molecule has 26 heavy (non-hydrogen) atoms. The van der Waals surface area contributed by atoms with Crippen LogP contribution in [0, 0.1) is 6.92 Å². The lowest BCUT2D eigenvalue weighted by molar-refractivity contribution is -0.122. The van der Waals surface area contributed by atoms with E-state index < -0.39 is 16.1 Å². The summed E-state index contributed by atoms with van der Waals surface area (Å²) in [4.78, 5) is 12.5. The molecule has 1 aromatic carbocycles. The molecule has 0 radical (unpaired) electrons. The van der Waals surface area contributed by atoms with Gasteiger partial charge in [0.05, 0.1) is 23.6 Å². The molecule has 1 aliphatic rings. The lowest BCUT2D eigenvalue weighted by atomic mass is 10.1. The van der Waals surface area contributed by atoms with E-state index in [4.69, 9.17) is 4.42 Å². The van der Waals surface area contributed by atoms with E-state index in [2.05, 4.69) is 10.0 Å². The van der Waals surface area contributed by atoms with Crippen LogP contribution in [0.3, 0.4) is 0 Å². The summed E-state index contributed by atoms with van der Waals surface area (Å²) < 4.78 is 33.3. The number of amides is 1. The molecule has 0 aliphatic heterocycles. The smallest absolute Gasteiger partial charge is 0.241 e. The number of nitrogens with one attached hydrogen (secondary N) is 2. The highest BCUT2D eigenvalue weighted by atomic mass is 32.2. The predicted molar refractivity (Wildman–Crippen MR) is 98.0 cm³/mol. The average Bonchev–Trinajstić information content (AvgIpc) is 3.28. The first-order valence-corrected chi connectivity index (χ1v) is 10.3. The van der Waals surface area contributed by atoms with Gasteiger partial charge in [0.2, 0.25) is 15.9 Å². The Hall–Kier alpha value is -2.12. The predicted octanol–water partition coefficient (Wildman–Crippen LogP) is 3.06. The van der Waals surface area contributed by atoms with Gasteiger partial charge in [-0.25, -0.2) is 8.42 Å². The molecule has 1 aliphatic carbocycles. The van der Waals surface area contributed by atoms with E-state index in [1.54, 1.807) is 36.4 Å². The third kappa shape index (κ3) is 4.74. The number of benzene rings is 1. The minimum absolute atomic E-state index is 0.00486. The molecule has 0 spiro atoms. The summed E-state index contributed by atoms with van der Waals surface area (Å²) in [7, 11) is -3.77. The van der Waals surface area contributed by atoms with Gasteiger partial charge in [-0.05, 0) is 44.0 Å². The summed E-state index contributed by atoms with van der Waals surface area (Å²) in [5, 5.41) is 2.99. The first-order chi connectivity index (χ1) is 12.4. The number of aryl methyl sites for hydroxylation is 1. The highest BCUT2D eigenvalue weighted by Gasteiger charge is 2.27. The van der Waals surface area contributed by atoms with E-state index >= 15 is 0 Å². The Balaban J connectivity index is 1.73. The zero-order valence-electron chi connectivity index (χ0n) is 14.8. The lowest BCUT2D eigenvalue weighted by Gasteiger charge is -2.18. The molecule has 1 heterocycles. The van der Waals surface area contributed by atoms with Crippen LogP contribution in [0.1, 0.15) is 49.5 Å². The third-order valence-electron chi connectivity index (χ3n) is 4.63. The summed E-state index contributed by atoms with van der Waals surface area (Å²) in [6, 6.07) is 9.37. The second-order valence-electron chi connectivity index (χ2n) is 6.76. The molecule has 0 bridgehead atoms. The molecule has 3 rings (SSSR count). The van der Waals surface area contributed by atoms with Crippen LogP contribution < -0.4 is 10.0 Å². The SMILES string of the molecule is Cc1ccc(S(=O)(=O)N[C@@H](CC(=O)NC2CCCC2)c2ccco2)cc1. The van der Waals surface area contributed by atoms with Gasteiger partial charge in [-0.3, -0.25) is 4.79 Å². The van der Waals surface area contributed by atoms with Crippen molar-refractivity contribution in [2.24, 2.45) is 0 Å². The Morgan fingerprint density at radius 3 is 2.50 bits per heavy atom. The molecule has 1 aromatic heterocycles.